The molecule has 0 amide bonds. The summed E-state index contributed by atoms with van der Waals surface area (Å²) in [6.45, 7) is 3.54. The molecule has 0 fully saturated rings. The molecule has 0 aliphatic carbocycles. The van der Waals surface area contributed by atoms with Crippen molar-refractivity contribution in [2.75, 3.05) is 5.73 Å². The Balaban J connectivity index is 2.51. The minimum atomic E-state index is 0.0865. The first-order valence-electron chi connectivity index (χ1n) is 3.70. The molecule has 0 aliphatic heterocycles. The number of nitrogen functional groups attached to an aromatic ring is 1. The van der Waals surface area contributed by atoms with Crippen molar-refractivity contribution in [2.24, 2.45) is 0 Å². The molecule has 2 aromatic rings. The van der Waals surface area contributed by atoms with Crippen LogP contribution in [-0.4, -0.2) is 15.1 Å². The number of aromatic nitrogens is 3. The lowest BCUT2D eigenvalue weighted by Gasteiger charge is -1.85. The fraction of sp³-hybridized carbons (Fsp3) is 0.286. The molecular weight excluding hydrogens is 172 g/mol. The van der Waals surface area contributed by atoms with E-state index in [2.05, 4.69) is 15.1 Å². The Morgan fingerprint density at radius 3 is 2.46 bits per heavy atom. The second-order valence-corrected chi connectivity index (χ2v) is 2.61. The van der Waals surface area contributed by atoms with Gasteiger partial charge in [-0.3, -0.25) is 0 Å². The van der Waals surface area contributed by atoms with Crippen LogP contribution in [0, 0.1) is 13.8 Å². The van der Waals surface area contributed by atoms with E-state index < -0.39 is 0 Å². The van der Waals surface area contributed by atoms with Crippen molar-refractivity contribution in [3.63, 3.8) is 0 Å². The molecule has 0 bridgehead atoms. The molecule has 0 aliphatic rings. The second-order valence-electron chi connectivity index (χ2n) is 2.61. The van der Waals surface area contributed by atoms with E-state index >= 15 is 0 Å². The van der Waals surface area contributed by atoms with Gasteiger partial charge >= 0.3 is 0 Å². The predicted octanol–water partition coefficient (Wildman–Crippen LogP) is 0.924. The Labute approximate surface area is 73.8 Å². The maximum Gasteiger partial charge on any atom is 0.297 e. The highest BCUT2D eigenvalue weighted by atomic mass is 16.5. The molecule has 0 atom stereocenters. The molecule has 0 saturated carbocycles. The predicted molar refractivity (Wildman–Crippen MR) is 43.7 cm³/mol. The molecular formula is C7H8N4O2. The third kappa shape index (κ3) is 1.26. The van der Waals surface area contributed by atoms with Crippen molar-refractivity contribution in [2.45, 2.75) is 13.8 Å². The lowest BCUT2D eigenvalue weighted by molar-refractivity contribution is 0.413. The van der Waals surface area contributed by atoms with Crippen molar-refractivity contribution >= 4 is 5.95 Å². The van der Waals surface area contributed by atoms with Crippen molar-refractivity contribution < 1.29 is 8.94 Å². The molecule has 0 radical (unpaired) electrons. The maximum atomic E-state index is 5.29. The first-order valence-corrected chi connectivity index (χ1v) is 3.70. The Hall–Kier alpha value is -1.85. The first-order chi connectivity index (χ1) is 6.16. The number of hydrogen-bond acceptors (Lipinski definition) is 6. The zero-order valence-electron chi connectivity index (χ0n) is 7.24. The molecule has 6 nitrogen and oxygen atoms in total. The first kappa shape index (κ1) is 7.78. The topological polar surface area (TPSA) is 91.0 Å². The van der Waals surface area contributed by atoms with Crippen LogP contribution in [0.4, 0.5) is 5.95 Å². The highest BCUT2D eigenvalue weighted by Gasteiger charge is 2.15. The Bertz CT molecular complexity index is 431. The van der Waals surface area contributed by atoms with E-state index in [1.165, 1.54) is 0 Å². The van der Waals surface area contributed by atoms with Crippen LogP contribution in [0.1, 0.15) is 11.6 Å². The van der Waals surface area contributed by atoms with E-state index in [9.17, 15) is 0 Å². The molecule has 68 valence electrons. The van der Waals surface area contributed by atoms with Gasteiger partial charge in [0.1, 0.15) is 0 Å². The standard InChI is InChI=1S/C7H8N4O2/c1-3-5(12-4(2)9-3)6-10-7(8)11-13-6/h1-2H3,(H2,8,11). The van der Waals surface area contributed by atoms with E-state index in [4.69, 9.17) is 14.7 Å². The number of oxazole rings is 1. The summed E-state index contributed by atoms with van der Waals surface area (Å²) in [6.07, 6.45) is 0. The summed E-state index contributed by atoms with van der Waals surface area (Å²) in [7, 11) is 0. The summed E-state index contributed by atoms with van der Waals surface area (Å²) in [5.74, 6) is 1.38. The van der Waals surface area contributed by atoms with Crippen LogP contribution in [0.25, 0.3) is 11.7 Å². The summed E-state index contributed by atoms with van der Waals surface area (Å²) < 4.78 is 10.1. The van der Waals surface area contributed by atoms with Crippen LogP contribution >= 0.6 is 0 Å². The van der Waals surface area contributed by atoms with E-state index in [-0.39, 0.29) is 11.8 Å². The van der Waals surface area contributed by atoms with Crippen LogP contribution in [0.2, 0.25) is 0 Å². The number of rotatable bonds is 1. The largest absolute Gasteiger partial charge is 0.436 e. The van der Waals surface area contributed by atoms with E-state index in [0.717, 1.165) is 0 Å². The fourth-order valence-corrected chi connectivity index (χ4v) is 1.06. The van der Waals surface area contributed by atoms with Crippen LogP contribution in [0.5, 0.6) is 0 Å². The van der Waals surface area contributed by atoms with Crippen LogP contribution in [0.3, 0.4) is 0 Å². The van der Waals surface area contributed by atoms with Gasteiger partial charge in [-0.1, -0.05) is 0 Å². The smallest absolute Gasteiger partial charge is 0.297 e. The molecule has 2 N–H and O–H groups in total. The summed E-state index contributed by atoms with van der Waals surface area (Å²) in [4.78, 5) is 7.88. The Morgan fingerprint density at radius 1 is 1.23 bits per heavy atom. The molecule has 0 spiro atoms. The number of nitrogens with two attached hydrogens (primary N) is 1. The van der Waals surface area contributed by atoms with Gasteiger partial charge in [0.2, 0.25) is 5.76 Å². The molecule has 0 unspecified atom stereocenters. The molecule has 2 heterocycles. The average Bonchev–Trinajstić information content (AvgIpc) is 2.58. The van der Waals surface area contributed by atoms with E-state index in [1.54, 1.807) is 13.8 Å². The monoisotopic (exact) mass is 180 g/mol. The van der Waals surface area contributed by atoms with Gasteiger partial charge in [0.05, 0.1) is 5.69 Å². The minimum absolute atomic E-state index is 0.0865. The van der Waals surface area contributed by atoms with Gasteiger partial charge in [-0.2, -0.15) is 4.98 Å². The van der Waals surface area contributed by atoms with Gasteiger partial charge in [-0.05, 0) is 12.1 Å². The lowest BCUT2D eigenvalue weighted by Crippen LogP contribution is -1.85. The van der Waals surface area contributed by atoms with Crippen molar-refractivity contribution in [1.82, 2.24) is 15.1 Å². The van der Waals surface area contributed by atoms with Gasteiger partial charge in [0.25, 0.3) is 11.8 Å². The van der Waals surface area contributed by atoms with Crippen molar-refractivity contribution in [3.8, 4) is 11.7 Å². The molecule has 2 aromatic heterocycles. The number of nitrogens with zero attached hydrogens (tertiary/aromatic N) is 3. The highest BCUT2D eigenvalue weighted by Crippen LogP contribution is 2.22. The van der Waals surface area contributed by atoms with Crippen molar-refractivity contribution in [3.05, 3.63) is 11.6 Å². The zero-order valence-corrected chi connectivity index (χ0v) is 7.24. The van der Waals surface area contributed by atoms with Crippen LogP contribution < -0.4 is 5.73 Å². The molecule has 2 rings (SSSR count). The van der Waals surface area contributed by atoms with Crippen LogP contribution in [-0.2, 0) is 0 Å². The lowest BCUT2D eigenvalue weighted by atomic mass is 10.4. The molecule has 0 aromatic carbocycles. The summed E-state index contributed by atoms with van der Waals surface area (Å²) in [5, 5.41) is 3.45. The van der Waals surface area contributed by atoms with E-state index in [1.807, 2.05) is 0 Å². The third-order valence-corrected chi connectivity index (χ3v) is 1.54. The third-order valence-electron chi connectivity index (χ3n) is 1.54. The zero-order chi connectivity index (χ0) is 9.42. The summed E-state index contributed by atoms with van der Waals surface area (Å²) >= 11 is 0. The molecule has 0 saturated heterocycles. The normalized spacial score (nSPS) is 10.6. The van der Waals surface area contributed by atoms with Gasteiger partial charge in [-0.15, -0.1) is 0 Å². The van der Waals surface area contributed by atoms with Gasteiger partial charge in [0, 0.05) is 6.92 Å². The minimum Gasteiger partial charge on any atom is -0.436 e. The van der Waals surface area contributed by atoms with Gasteiger partial charge in [-0.25, -0.2) is 4.98 Å². The van der Waals surface area contributed by atoms with Gasteiger partial charge in [0.15, 0.2) is 5.89 Å². The number of hydrogen-bond donors (Lipinski definition) is 1. The fourth-order valence-electron chi connectivity index (χ4n) is 1.06. The second kappa shape index (κ2) is 2.58. The number of anilines is 1. The Morgan fingerprint density at radius 2 is 2.00 bits per heavy atom. The summed E-state index contributed by atoms with van der Waals surface area (Å²) in [6, 6.07) is 0. The molecule has 13 heavy (non-hydrogen) atoms. The SMILES string of the molecule is Cc1nc(C)c(-c2nc(N)no2)o1. The Kier molecular flexibility index (Phi) is 1.54. The quantitative estimate of drug-likeness (QED) is 0.701. The van der Waals surface area contributed by atoms with Crippen LogP contribution in [0.15, 0.2) is 8.94 Å². The average molecular weight is 180 g/mol. The van der Waals surface area contributed by atoms with Crippen molar-refractivity contribution in [1.29, 1.82) is 0 Å². The highest BCUT2D eigenvalue weighted by molar-refractivity contribution is 5.48. The van der Waals surface area contributed by atoms with Gasteiger partial charge < -0.3 is 14.7 Å². The summed E-state index contributed by atoms with van der Waals surface area (Å²) in [5.41, 5.74) is 6.00. The molecule has 6 heteroatoms. The van der Waals surface area contributed by atoms with E-state index in [0.29, 0.717) is 17.3 Å². The number of aryl methyl sites for hydroxylation is 2. The maximum absolute atomic E-state index is 5.29.